The molecule has 1 amide bonds. The van der Waals surface area contributed by atoms with E-state index >= 15 is 0 Å². The third-order valence-corrected chi connectivity index (χ3v) is 4.94. The number of amides is 1. The van der Waals surface area contributed by atoms with Crippen LogP contribution in [0.5, 0.6) is 11.5 Å². The van der Waals surface area contributed by atoms with Crippen LogP contribution >= 0.6 is 11.3 Å². The zero-order valence-corrected chi connectivity index (χ0v) is 14.8. The number of nitrogens with one attached hydrogen (secondary N) is 1. The van der Waals surface area contributed by atoms with Crippen LogP contribution in [0.3, 0.4) is 0 Å². The van der Waals surface area contributed by atoms with E-state index in [1.807, 2.05) is 37.4 Å². The Morgan fingerprint density at radius 1 is 1.16 bits per heavy atom. The van der Waals surface area contributed by atoms with Crippen molar-refractivity contribution in [2.75, 3.05) is 12.1 Å². The van der Waals surface area contributed by atoms with Crippen LogP contribution in [0.4, 0.5) is 5.13 Å². The van der Waals surface area contributed by atoms with E-state index in [1.54, 1.807) is 6.92 Å². The van der Waals surface area contributed by atoms with Crippen LogP contribution in [0.15, 0.2) is 28.0 Å². The Morgan fingerprint density at radius 3 is 2.72 bits per heavy atom. The molecule has 3 heterocycles. The highest BCUT2D eigenvalue weighted by atomic mass is 32.1. The van der Waals surface area contributed by atoms with Gasteiger partial charge in [0.05, 0.1) is 11.3 Å². The number of furan rings is 1. The van der Waals surface area contributed by atoms with Crippen molar-refractivity contribution >= 4 is 22.4 Å². The van der Waals surface area contributed by atoms with E-state index in [9.17, 15) is 4.79 Å². The van der Waals surface area contributed by atoms with Crippen LogP contribution in [0.1, 0.15) is 27.4 Å². The quantitative estimate of drug-likeness (QED) is 0.757. The molecule has 1 aliphatic rings. The Labute approximate surface area is 148 Å². The summed E-state index contributed by atoms with van der Waals surface area (Å²) in [4.78, 5) is 17.0. The van der Waals surface area contributed by atoms with Gasteiger partial charge >= 0.3 is 0 Å². The van der Waals surface area contributed by atoms with Crippen LogP contribution in [-0.4, -0.2) is 17.7 Å². The van der Waals surface area contributed by atoms with E-state index in [2.05, 4.69) is 10.3 Å². The minimum atomic E-state index is -0.210. The van der Waals surface area contributed by atoms with Crippen molar-refractivity contribution in [2.24, 2.45) is 0 Å². The zero-order valence-electron chi connectivity index (χ0n) is 14.0. The lowest BCUT2D eigenvalue weighted by Gasteiger charge is -2.02. The number of ether oxygens (including phenoxy) is 2. The second-order valence-corrected chi connectivity index (χ2v) is 6.63. The van der Waals surface area contributed by atoms with E-state index in [0.29, 0.717) is 22.2 Å². The number of nitrogens with zero attached hydrogens (tertiary/aromatic N) is 1. The highest BCUT2D eigenvalue weighted by molar-refractivity contribution is 7.14. The van der Waals surface area contributed by atoms with Crippen molar-refractivity contribution in [3.8, 4) is 22.8 Å². The van der Waals surface area contributed by atoms with Gasteiger partial charge in [-0.3, -0.25) is 10.1 Å². The van der Waals surface area contributed by atoms with Gasteiger partial charge in [0.2, 0.25) is 6.79 Å². The number of fused-ring (bicyclic) bond motifs is 1. The molecule has 0 radical (unpaired) electrons. The van der Waals surface area contributed by atoms with Crippen molar-refractivity contribution in [3.63, 3.8) is 0 Å². The van der Waals surface area contributed by atoms with Crippen molar-refractivity contribution in [3.05, 3.63) is 46.2 Å². The van der Waals surface area contributed by atoms with Crippen molar-refractivity contribution in [1.29, 1.82) is 0 Å². The number of benzene rings is 1. The molecule has 0 spiro atoms. The van der Waals surface area contributed by atoms with Crippen LogP contribution in [-0.2, 0) is 0 Å². The Balaban J connectivity index is 1.56. The van der Waals surface area contributed by atoms with Gasteiger partial charge in [-0.2, -0.15) is 0 Å². The Kier molecular flexibility index (Phi) is 3.73. The topological polar surface area (TPSA) is 73.6 Å². The molecular weight excluding hydrogens is 340 g/mol. The number of hydrogen-bond acceptors (Lipinski definition) is 6. The van der Waals surface area contributed by atoms with Gasteiger partial charge in [0, 0.05) is 16.5 Å². The largest absolute Gasteiger partial charge is 0.466 e. The summed E-state index contributed by atoms with van der Waals surface area (Å²) >= 11 is 1.37. The van der Waals surface area contributed by atoms with Gasteiger partial charge in [0.1, 0.15) is 11.5 Å². The number of aromatic nitrogens is 1. The van der Waals surface area contributed by atoms with Crippen LogP contribution < -0.4 is 14.8 Å². The van der Waals surface area contributed by atoms with E-state index in [-0.39, 0.29) is 12.7 Å². The molecule has 4 rings (SSSR count). The fraction of sp³-hybridized carbons (Fsp3) is 0.222. The number of thiazole rings is 1. The first-order chi connectivity index (χ1) is 12.0. The lowest BCUT2D eigenvalue weighted by atomic mass is 10.1. The minimum Gasteiger partial charge on any atom is -0.466 e. The maximum atomic E-state index is 12.5. The lowest BCUT2D eigenvalue weighted by molar-refractivity contribution is 0.102. The predicted molar refractivity (Wildman–Crippen MR) is 94.5 cm³/mol. The number of aryl methyl sites for hydroxylation is 2. The Morgan fingerprint density at radius 2 is 1.96 bits per heavy atom. The van der Waals surface area contributed by atoms with Gasteiger partial charge in [0.15, 0.2) is 16.6 Å². The van der Waals surface area contributed by atoms with Gasteiger partial charge < -0.3 is 13.9 Å². The Bertz CT molecular complexity index is 974. The van der Waals surface area contributed by atoms with E-state index < -0.39 is 0 Å². The van der Waals surface area contributed by atoms with E-state index in [0.717, 1.165) is 28.3 Å². The molecule has 0 fully saturated rings. The number of carbonyl (C=O) groups excluding carboxylic acids is 1. The maximum Gasteiger partial charge on any atom is 0.261 e. The molecule has 7 heteroatoms. The van der Waals surface area contributed by atoms with Gasteiger partial charge in [-0.05, 0) is 39.0 Å². The first kappa shape index (κ1) is 15.7. The molecule has 3 aromatic rings. The molecule has 25 heavy (non-hydrogen) atoms. The van der Waals surface area contributed by atoms with Gasteiger partial charge in [-0.1, -0.05) is 0 Å². The third kappa shape index (κ3) is 2.76. The minimum absolute atomic E-state index is 0.210. The average Bonchev–Trinajstić information content (AvgIpc) is 3.27. The Hall–Kier alpha value is -2.80. The summed E-state index contributed by atoms with van der Waals surface area (Å²) < 4.78 is 16.2. The lowest BCUT2D eigenvalue weighted by Crippen LogP contribution is -2.13. The molecule has 1 aliphatic heterocycles. The molecule has 0 aliphatic carbocycles. The maximum absolute atomic E-state index is 12.5. The molecule has 6 nitrogen and oxygen atoms in total. The third-order valence-electron chi connectivity index (χ3n) is 4.18. The molecule has 0 saturated heterocycles. The fourth-order valence-electron chi connectivity index (χ4n) is 2.81. The van der Waals surface area contributed by atoms with Crippen LogP contribution in [0.25, 0.3) is 11.3 Å². The standard InChI is InChI=1S/C18H16N2O4S/c1-9-10(2)24-11(3)16(9)17(21)20-18-19-13(7-25-18)12-4-5-14-15(6-12)23-8-22-14/h4-7H,8H2,1-3H3,(H,19,20,21). The van der Waals surface area contributed by atoms with E-state index in [4.69, 9.17) is 13.9 Å². The highest BCUT2D eigenvalue weighted by Gasteiger charge is 2.20. The van der Waals surface area contributed by atoms with Crippen LogP contribution in [0, 0.1) is 20.8 Å². The fourth-order valence-corrected chi connectivity index (χ4v) is 3.52. The van der Waals surface area contributed by atoms with Crippen LogP contribution in [0.2, 0.25) is 0 Å². The number of carbonyl (C=O) groups is 1. The zero-order chi connectivity index (χ0) is 17.6. The van der Waals surface area contributed by atoms with Gasteiger partial charge in [-0.25, -0.2) is 4.98 Å². The second kappa shape index (κ2) is 5.93. The normalized spacial score (nSPS) is 12.4. The van der Waals surface area contributed by atoms with Crippen molar-refractivity contribution in [1.82, 2.24) is 4.98 Å². The number of anilines is 1. The average molecular weight is 356 g/mol. The second-order valence-electron chi connectivity index (χ2n) is 5.77. The van der Waals surface area contributed by atoms with Crippen molar-refractivity contribution in [2.45, 2.75) is 20.8 Å². The first-order valence-electron chi connectivity index (χ1n) is 7.76. The number of hydrogen-bond donors (Lipinski definition) is 1. The smallest absolute Gasteiger partial charge is 0.261 e. The summed E-state index contributed by atoms with van der Waals surface area (Å²) in [6.45, 7) is 5.75. The summed E-state index contributed by atoms with van der Waals surface area (Å²) in [5.41, 5.74) is 3.10. The highest BCUT2D eigenvalue weighted by Crippen LogP contribution is 2.36. The molecule has 1 N–H and O–H groups in total. The van der Waals surface area contributed by atoms with Gasteiger partial charge in [-0.15, -0.1) is 11.3 Å². The van der Waals surface area contributed by atoms with E-state index in [1.165, 1.54) is 11.3 Å². The predicted octanol–water partition coefficient (Wildman–Crippen LogP) is 4.31. The summed E-state index contributed by atoms with van der Waals surface area (Å²) in [5.74, 6) is 2.59. The molecule has 0 atom stereocenters. The summed E-state index contributed by atoms with van der Waals surface area (Å²) in [7, 11) is 0. The first-order valence-corrected chi connectivity index (χ1v) is 8.64. The molecule has 2 aromatic heterocycles. The summed E-state index contributed by atoms with van der Waals surface area (Å²) in [5, 5.41) is 5.28. The monoisotopic (exact) mass is 356 g/mol. The molecular formula is C18H16N2O4S. The van der Waals surface area contributed by atoms with Crippen molar-refractivity contribution < 1.29 is 18.7 Å². The molecule has 0 bridgehead atoms. The molecule has 0 unspecified atom stereocenters. The molecule has 128 valence electrons. The molecule has 1 aromatic carbocycles. The SMILES string of the molecule is Cc1oc(C)c(C(=O)Nc2nc(-c3ccc4c(c3)OCO4)cs2)c1C. The molecule has 0 saturated carbocycles. The number of rotatable bonds is 3. The summed E-state index contributed by atoms with van der Waals surface area (Å²) in [6, 6.07) is 5.66. The van der Waals surface area contributed by atoms with Gasteiger partial charge in [0.25, 0.3) is 5.91 Å². The summed E-state index contributed by atoms with van der Waals surface area (Å²) in [6.07, 6.45) is 0.